The molecule has 0 saturated heterocycles. The van der Waals surface area contributed by atoms with Gasteiger partial charge in [-0.05, 0) is 11.4 Å². The van der Waals surface area contributed by atoms with Gasteiger partial charge in [0.2, 0.25) is 0 Å². The summed E-state index contributed by atoms with van der Waals surface area (Å²) in [6.07, 6.45) is 3.70. The lowest BCUT2D eigenvalue weighted by atomic mass is 10.2. The Labute approximate surface area is 116 Å². The number of aliphatic hydroxyl groups is 1. The summed E-state index contributed by atoms with van der Waals surface area (Å²) in [5.41, 5.74) is 0. The van der Waals surface area contributed by atoms with Crippen LogP contribution in [0.1, 0.15) is 16.7 Å². The van der Waals surface area contributed by atoms with Crippen LogP contribution in [0.15, 0.2) is 29.9 Å². The largest absolute Gasteiger partial charge is 0.395 e. The molecule has 5 nitrogen and oxygen atoms in total. The summed E-state index contributed by atoms with van der Waals surface area (Å²) < 4.78 is 7.10. The van der Waals surface area contributed by atoms with Crippen LogP contribution >= 0.6 is 11.3 Å². The lowest BCUT2D eigenvalue weighted by molar-refractivity contribution is 0.124. The van der Waals surface area contributed by atoms with E-state index in [1.165, 1.54) is 4.88 Å². The number of ether oxygens (including phenoxy) is 1. The van der Waals surface area contributed by atoms with E-state index in [-0.39, 0.29) is 18.7 Å². The SMILES string of the molecule is COCC(CO)NC(c1cccs1)c1nccn1C. The summed E-state index contributed by atoms with van der Waals surface area (Å²) in [6.45, 7) is 0.489. The standard InChI is InChI=1S/C13H19N3O2S/c1-16-6-5-14-13(16)12(11-4-3-7-19-11)15-10(8-17)9-18-2/h3-7,10,12,15,17H,8-9H2,1-2H3. The van der Waals surface area contributed by atoms with Gasteiger partial charge in [0.05, 0.1) is 19.3 Å². The topological polar surface area (TPSA) is 59.3 Å². The maximum Gasteiger partial charge on any atom is 0.131 e. The highest BCUT2D eigenvalue weighted by Gasteiger charge is 2.22. The molecule has 0 radical (unpaired) electrons. The molecule has 0 aromatic carbocycles. The highest BCUT2D eigenvalue weighted by atomic mass is 32.1. The van der Waals surface area contributed by atoms with E-state index in [0.29, 0.717) is 6.61 Å². The number of nitrogens with one attached hydrogen (secondary N) is 1. The van der Waals surface area contributed by atoms with Crippen LogP contribution in [0.3, 0.4) is 0 Å². The molecule has 0 saturated carbocycles. The first-order chi connectivity index (χ1) is 9.26. The van der Waals surface area contributed by atoms with Gasteiger partial charge in [0.15, 0.2) is 0 Å². The third kappa shape index (κ3) is 3.42. The van der Waals surface area contributed by atoms with Gasteiger partial charge >= 0.3 is 0 Å². The van der Waals surface area contributed by atoms with Crippen LogP contribution < -0.4 is 5.32 Å². The van der Waals surface area contributed by atoms with E-state index in [4.69, 9.17) is 4.74 Å². The predicted molar refractivity (Wildman–Crippen MR) is 75.3 cm³/mol. The quantitative estimate of drug-likeness (QED) is 0.800. The van der Waals surface area contributed by atoms with Gasteiger partial charge in [0.25, 0.3) is 0 Å². The predicted octanol–water partition coefficient (Wildman–Crippen LogP) is 1.17. The fourth-order valence-electron chi connectivity index (χ4n) is 1.99. The maximum absolute atomic E-state index is 9.40. The van der Waals surface area contributed by atoms with Crippen molar-refractivity contribution in [1.82, 2.24) is 14.9 Å². The van der Waals surface area contributed by atoms with Crippen LogP contribution in [-0.2, 0) is 11.8 Å². The maximum atomic E-state index is 9.40. The summed E-state index contributed by atoms with van der Waals surface area (Å²) in [5, 5.41) is 14.8. The van der Waals surface area contributed by atoms with Crippen molar-refractivity contribution >= 4 is 11.3 Å². The van der Waals surface area contributed by atoms with E-state index >= 15 is 0 Å². The fourth-order valence-corrected chi connectivity index (χ4v) is 2.77. The number of hydrogen-bond donors (Lipinski definition) is 2. The van der Waals surface area contributed by atoms with Crippen LogP contribution in [0.25, 0.3) is 0 Å². The number of aryl methyl sites for hydroxylation is 1. The fraction of sp³-hybridized carbons (Fsp3) is 0.462. The number of rotatable bonds is 7. The number of aliphatic hydroxyl groups excluding tert-OH is 1. The Morgan fingerprint density at radius 1 is 1.58 bits per heavy atom. The molecule has 0 aliphatic carbocycles. The van der Waals surface area contributed by atoms with Gasteiger partial charge in [-0.25, -0.2) is 4.98 Å². The molecule has 2 rings (SSSR count). The molecular weight excluding hydrogens is 262 g/mol. The van der Waals surface area contributed by atoms with Gasteiger partial charge in [-0.1, -0.05) is 6.07 Å². The van der Waals surface area contributed by atoms with Gasteiger partial charge in [-0.2, -0.15) is 0 Å². The first-order valence-corrected chi connectivity index (χ1v) is 7.00. The van der Waals surface area contributed by atoms with Gasteiger partial charge in [0.1, 0.15) is 11.9 Å². The number of thiophene rings is 1. The van der Waals surface area contributed by atoms with E-state index in [0.717, 1.165) is 5.82 Å². The van der Waals surface area contributed by atoms with Gasteiger partial charge in [-0.15, -0.1) is 11.3 Å². The second-order valence-corrected chi connectivity index (χ2v) is 5.33. The van der Waals surface area contributed by atoms with E-state index in [9.17, 15) is 5.11 Å². The average Bonchev–Trinajstić information content (AvgIpc) is 3.06. The number of aromatic nitrogens is 2. The summed E-state index contributed by atoms with van der Waals surface area (Å²) in [5.74, 6) is 0.928. The molecule has 0 amide bonds. The molecule has 2 N–H and O–H groups in total. The summed E-state index contributed by atoms with van der Waals surface area (Å²) in [4.78, 5) is 5.57. The van der Waals surface area contributed by atoms with Crippen LogP contribution in [-0.4, -0.2) is 41.0 Å². The molecular formula is C13H19N3O2S. The zero-order chi connectivity index (χ0) is 13.7. The molecule has 0 spiro atoms. The summed E-state index contributed by atoms with van der Waals surface area (Å²) in [6, 6.07) is 3.93. The molecule has 2 aromatic heterocycles. The minimum Gasteiger partial charge on any atom is -0.395 e. The van der Waals surface area contributed by atoms with E-state index in [2.05, 4.69) is 16.4 Å². The highest BCUT2D eigenvalue weighted by Crippen LogP contribution is 2.25. The summed E-state index contributed by atoms with van der Waals surface area (Å²) >= 11 is 1.67. The Kier molecular flexibility index (Phi) is 5.09. The Morgan fingerprint density at radius 2 is 2.42 bits per heavy atom. The van der Waals surface area contributed by atoms with Crippen molar-refractivity contribution in [2.24, 2.45) is 7.05 Å². The number of imidazole rings is 1. The second-order valence-electron chi connectivity index (χ2n) is 4.35. The third-order valence-corrected chi connectivity index (χ3v) is 3.87. The monoisotopic (exact) mass is 281 g/mol. The lowest BCUT2D eigenvalue weighted by Gasteiger charge is -2.23. The summed E-state index contributed by atoms with van der Waals surface area (Å²) in [7, 11) is 3.60. The van der Waals surface area contributed by atoms with E-state index < -0.39 is 0 Å². The van der Waals surface area contributed by atoms with Crippen LogP contribution in [0.5, 0.6) is 0 Å². The van der Waals surface area contributed by atoms with Crippen LogP contribution in [0, 0.1) is 0 Å². The van der Waals surface area contributed by atoms with Crippen molar-refractivity contribution in [1.29, 1.82) is 0 Å². The Balaban J connectivity index is 2.23. The molecule has 2 unspecified atom stereocenters. The van der Waals surface area contributed by atoms with Gasteiger partial charge in [-0.3, -0.25) is 5.32 Å². The normalized spacial score (nSPS) is 14.5. The number of hydrogen-bond acceptors (Lipinski definition) is 5. The van der Waals surface area contributed by atoms with Crippen molar-refractivity contribution in [3.05, 3.63) is 40.6 Å². The van der Waals surface area contributed by atoms with Crippen LogP contribution in [0.2, 0.25) is 0 Å². The minimum absolute atomic E-state index is 0.0279. The number of nitrogens with zero attached hydrogens (tertiary/aromatic N) is 2. The van der Waals surface area contributed by atoms with Crippen molar-refractivity contribution in [3.8, 4) is 0 Å². The first-order valence-electron chi connectivity index (χ1n) is 6.12. The molecule has 0 bridgehead atoms. The highest BCUT2D eigenvalue weighted by molar-refractivity contribution is 7.10. The Morgan fingerprint density at radius 3 is 2.95 bits per heavy atom. The Hall–Kier alpha value is -1.21. The van der Waals surface area contributed by atoms with Crippen molar-refractivity contribution in [2.75, 3.05) is 20.3 Å². The molecule has 104 valence electrons. The van der Waals surface area contributed by atoms with Crippen molar-refractivity contribution < 1.29 is 9.84 Å². The molecule has 19 heavy (non-hydrogen) atoms. The molecule has 0 aliphatic heterocycles. The average molecular weight is 281 g/mol. The van der Waals surface area contributed by atoms with E-state index in [1.54, 1.807) is 24.6 Å². The van der Waals surface area contributed by atoms with E-state index in [1.807, 2.05) is 29.3 Å². The molecule has 2 heterocycles. The molecule has 2 atom stereocenters. The van der Waals surface area contributed by atoms with Gasteiger partial charge < -0.3 is 14.4 Å². The van der Waals surface area contributed by atoms with Crippen molar-refractivity contribution in [2.45, 2.75) is 12.1 Å². The molecule has 0 aliphatic rings. The zero-order valence-electron chi connectivity index (χ0n) is 11.1. The first kappa shape index (κ1) is 14.2. The molecule has 2 aromatic rings. The molecule has 6 heteroatoms. The Bertz CT molecular complexity index is 484. The smallest absolute Gasteiger partial charge is 0.131 e. The number of methoxy groups -OCH3 is 1. The zero-order valence-corrected chi connectivity index (χ0v) is 11.9. The third-order valence-electron chi connectivity index (χ3n) is 2.93. The minimum atomic E-state index is -0.117. The lowest BCUT2D eigenvalue weighted by Crippen LogP contribution is -2.40. The van der Waals surface area contributed by atoms with Crippen molar-refractivity contribution in [3.63, 3.8) is 0 Å². The van der Waals surface area contributed by atoms with Gasteiger partial charge in [0, 0.05) is 31.4 Å². The second kappa shape index (κ2) is 6.81. The van der Waals surface area contributed by atoms with Crippen LogP contribution in [0.4, 0.5) is 0 Å². The molecule has 0 fully saturated rings.